The first-order valence-electron chi connectivity index (χ1n) is 11.1. The van der Waals surface area contributed by atoms with Crippen LogP contribution in [0.5, 0.6) is 5.75 Å². The molecule has 154 valence electrons. The minimum atomic E-state index is 0.109. The fourth-order valence-corrected chi connectivity index (χ4v) is 6.07. The summed E-state index contributed by atoms with van der Waals surface area (Å²) in [7, 11) is 0. The molecule has 0 radical (unpaired) electrons. The minimum absolute atomic E-state index is 0.109. The third kappa shape index (κ3) is 3.65. The molecule has 3 aliphatic carbocycles. The van der Waals surface area contributed by atoms with Crippen molar-refractivity contribution in [2.45, 2.75) is 57.9 Å². The maximum Gasteiger partial charge on any atom is 0.227 e. The van der Waals surface area contributed by atoms with Crippen molar-refractivity contribution in [2.24, 2.45) is 23.7 Å². The Morgan fingerprint density at radius 3 is 2.83 bits per heavy atom. The van der Waals surface area contributed by atoms with Crippen LogP contribution < -0.4 is 10.1 Å². The topological polar surface area (TPSA) is 77.2 Å². The summed E-state index contributed by atoms with van der Waals surface area (Å²) >= 11 is 0. The van der Waals surface area contributed by atoms with Crippen LogP contribution in [0.4, 0.5) is 0 Å². The Morgan fingerprint density at radius 1 is 1.17 bits per heavy atom. The molecule has 1 aromatic carbocycles. The zero-order valence-electron chi connectivity index (χ0n) is 17.0. The molecule has 5 rings (SSSR count). The SMILES string of the molecule is CCOc1ccc(-c2noc(CCC(=O)N[C@@H]3C[C@H]4C[C@H]3[C@H]3CCC[C@H]43)n2)cc1. The Labute approximate surface area is 171 Å². The molecule has 2 bridgehead atoms. The lowest BCUT2D eigenvalue weighted by Crippen LogP contribution is -2.42. The van der Waals surface area contributed by atoms with Gasteiger partial charge in [0.25, 0.3) is 0 Å². The van der Waals surface area contributed by atoms with Crippen LogP contribution in [0.3, 0.4) is 0 Å². The molecule has 5 atom stereocenters. The van der Waals surface area contributed by atoms with E-state index in [0.717, 1.165) is 29.1 Å². The number of carbonyl (C=O) groups is 1. The lowest BCUT2D eigenvalue weighted by Gasteiger charge is -2.32. The minimum Gasteiger partial charge on any atom is -0.494 e. The molecule has 0 saturated heterocycles. The molecular weight excluding hydrogens is 366 g/mol. The molecule has 2 aromatic rings. The van der Waals surface area contributed by atoms with Crippen LogP contribution in [0.1, 0.15) is 51.3 Å². The largest absolute Gasteiger partial charge is 0.494 e. The van der Waals surface area contributed by atoms with E-state index in [1.807, 2.05) is 31.2 Å². The van der Waals surface area contributed by atoms with Gasteiger partial charge in [-0.15, -0.1) is 0 Å². The normalized spacial score (nSPS) is 29.8. The van der Waals surface area contributed by atoms with Gasteiger partial charge in [-0.25, -0.2) is 0 Å². The van der Waals surface area contributed by atoms with Crippen LogP contribution >= 0.6 is 0 Å². The number of rotatable bonds is 7. The predicted molar refractivity (Wildman–Crippen MR) is 108 cm³/mol. The number of hydrogen-bond donors (Lipinski definition) is 1. The van der Waals surface area contributed by atoms with Gasteiger partial charge in [-0.2, -0.15) is 4.98 Å². The van der Waals surface area contributed by atoms with Crippen LogP contribution in [0.2, 0.25) is 0 Å². The summed E-state index contributed by atoms with van der Waals surface area (Å²) in [5.41, 5.74) is 0.876. The second-order valence-corrected chi connectivity index (χ2v) is 8.80. The number of benzene rings is 1. The van der Waals surface area contributed by atoms with Gasteiger partial charge in [-0.1, -0.05) is 11.6 Å². The average molecular weight is 396 g/mol. The van der Waals surface area contributed by atoms with E-state index in [0.29, 0.717) is 43.1 Å². The molecule has 1 N–H and O–H groups in total. The Morgan fingerprint density at radius 2 is 2.00 bits per heavy atom. The van der Waals surface area contributed by atoms with Gasteiger partial charge in [-0.05, 0) is 80.5 Å². The molecule has 3 saturated carbocycles. The maximum absolute atomic E-state index is 12.5. The number of fused-ring (bicyclic) bond motifs is 5. The number of nitrogens with one attached hydrogen (secondary N) is 1. The molecule has 6 heteroatoms. The molecular formula is C23H29N3O3. The van der Waals surface area contributed by atoms with Crippen LogP contribution in [-0.4, -0.2) is 28.7 Å². The van der Waals surface area contributed by atoms with E-state index in [1.165, 1.54) is 32.1 Å². The lowest BCUT2D eigenvalue weighted by molar-refractivity contribution is -0.122. The van der Waals surface area contributed by atoms with Gasteiger partial charge in [0, 0.05) is 24.4 Å². The van der Waals surface area contributed by atoms with Gasteiger partial charge in [-0.3, -0.25) is 4.79 Å². The van der Waals surface area contributed by atoms with Crippen molar-refractivity contribution in [3.8, 4) is 17.1 Å². The van der Waals surface area contributed by atoms with Gasteiger partial charge in [0.05, 0.1) is 6.61 Å². The first-order chi connectivity index (χ1) is 14.2. The van der Waals surface area contributed by atoms with Gasteiger partial charge >= 0.3 is 0 Å². The van der Waals surface area contributed by atoms with Crippen molar-refractivity contribution < 1.29 is 14.1 Å². The first kappa shape index (κ1) is 18.6. The summed E-state index contributed by atoms with van der Waals surface area (Å²) in [6.45, 7) is 2.59. The average Bonchev–Trinajstić information content (AvgIpc) is 3.49. The zero-order chi connectivity index (χ0) is 19.8. The van der Waals surface area contributed by atoms with Crippen molar-refractivity contribution in [3.63, 3.8) is 0 Å². The summed E-state index contributed by atoms with van der Waals surface area (Å²) < 4.78 is 10.8. The highest BCUT2D eigenvalue weighted by Gasteiger charge is 2.53. The van der Waals surface area contributed by atoms with Crippen molar-refractivity contribution in [1.29, 1.82) is 0 Å². The number of nitrogens with zero attached hydrogens (tertiary/aromatic N) is 2. The zero-order valence-corrected chi connectivity index (χ0v) is 17.0. The Bertz CT molecular complexity index is 863. The standard InChI is InChI=1S/C23H29N3O3/c1-2-28-16-8-6-14(7-9-16)23-25-22(29-26-23)11-10-21(27)24-20-13-15-12-19(20)18-5-3-4-17(15)18/h6-9,15,17-20H,2-5,10-13H2,1H3,(H,24,27)/t15-,17-,18+,19+,20-/m1/s1. The number of ether oxygens (including phenoxy) is 1. The second-order valence-electron chi connectivity index (χ2n) is 8.80. The molecule has 3 aliphatic rings. The molecule has 1 amide bonds. The van der Waals surface area contributed by atoms with Crippen LogP contribution in [0.25, 0.3) is 11.4 Å². The highest BCUT2D eigenvalue weighted by Crippen LogP contribution is 2.58. The van der Waals surface area contributed by atoms with Gasteiger partial charge < -0.3 is 14.6 Å². The third-order valence-electron chi connectivity index (χ3n) is 7.23. The Hall–Kier alpha value is -2.37. The van der Waals surface area contributed by atoms with E-state index in [2.05, 4.69) is 15.5 Å². The van der Waals surface area contributed by atoms with Crippen molar-refractivity contribution in [1.82, 2.24) is 15.5 Å². The van der Waals surface area contributed by atoms with E-state index in [1.54, 1.807) is 0 Å². The first-order valence-corrected chi connectivity index (χ1v) is 11.1. The number of carbonyl (C=O) groups excluding carboxylic acids is 1. The number of aryl methyl sites for hydroxylation is 1. The number of amides is 1. The molecule has 3 fully saturated rings. The van der Waals surface area contributed by atoms with Crippen LogP contribution in [0.15, 0.2) is 28.8 Å². The summed E-state index contributed by atoms with van der Waals surface area (Å²) in [5, 5.41) is 7.36. The summed E-state index contributed by atoms with van der Waals surface area (Å²) in [4.78, 5) is 16.9. The monoisotopic (exact) mass is 395 g/mol. The van der Waals surface area contributed by atoms with E-state index in [9.17, 15) is 4.79 Å². The van der Waals surface area contributed by atoms with Crippen molar-refractivity contribution in [3.05, 3.63) is 30.2 Å². The lowest BCUT2D eigenvalue weighted by atomic mass is 9.79. The molecule has 0 unspecified atom stereocenters. The molecule has 1 aromatic heterocycles. The molecule has 1 heterocycles. The van der Waals surface area contributed by atoms with E-state index < -0.39 is 0 Å². The summed E-state index contributed by atoms with van der Waals surface area (Å²) in [5.74, 6) is 5.37. The number of aromatic nitrogens is 2. The Balaban J connectivity index is 1.13. The summed E-state index contributed by atoms with van der Waals surface area (Å²) in [6, 6.07) is 8.00. The van der Waals surface area contributed by atoms with Crippen molar-refractivity contribution >= 4 is 5.91 Å². The van der Waals surface area contributed by atoms with Gasteiger partial charge in [0.2, 0.25) is 17.6 Å². The van der Waals surface area contributed by atoms with Crippen LogP contribution in [-0.2, 0) is 11.2 Å². The van der Waals surface area contributed by atoms with Crippen molar-refractivity contribution in [2.75, 3.05) is 6.61 Å². The fourth-order valence-electron chi connectivity index (χ4n) is 6.07. The van der Waals surface area contributed by atoms with E-state index >= 15 is 0 Å². The highest BCUT2D eigenvalue weighted by molar-refractivity contribution is 5.76. The highest BCUT2D eigenvalue weighted by atomic mass is 16.5. The molecule has 0 spiro atoms. The molecule has 0 aliphatic heterocycles. The van der Waals surface area contributed by atoms with E-state index in [-0.39, 0.29) is 5.91 Å². The summed E-state index contributed by atoms with van der Waals surface area (Å²) in [6.07, 6.45) is 7.55. The van der Waals surface area contributed by atoms with E-state index in [4.69, 9.17) is 9.26 Å². The molecule has 29 heavy (non-hydrogen) atoms. The maximum atomic E-state index is 12.5. The number of hydrogen-bond acceptors (Lipinski definition) is 5. The van der Waals surface area contributed by atoms with Gasteiger partial charge in [0.1, 0.15) is 5.75 Å². The quantitative estimate of drug-likeness (QED) is 0.766. The second kappa shape index (κ2) is 7.81. The predicted octanol–water partition coefficient (Wildman–Crippen LogP) is 4.01. The fraction of sp³-hybridized carbons (Fsp3) is 0.609. The molecule has 6 nitrogen and oxygen atoms in total. The smallest absolute Gasteiger partial charge is 0.227 e. The third-order valence-corrected chi connectivity index (χ3v) is 7.23. The Kier molecular flexibility index (Phi) is 5.02. The van der Waals surface area contributed by atoms with Gasteiger partial charge in [0.15, 0.2) is 0 Å². The van der Waals surface area contributed by atoms with Crippen LogP contribution in [0, 0.1) is 23.7 Å².